The van der Waals surface area contributed by atoms with Crippen LogP contribution in [-0.4, -0.2) is 46.9 Å². The number of nitrogens with one attached hydrogen (secondary N) is 1. The molecule has 1 aliphatic heterocycles. The summed E-state index contributed by atoms with van der Waals surface area (Å²) < 4.78 is 14.3. The number of pyridine rings is 1. The Morgan fingerprint density at radius 3 is 2.51 bits per heavy atom. The minimum atomic E-state index is -0.403. The highest BCUT2D eigenvalue weighted by Crippen LogP contribution is 2.30. The lowest BCUT2D eigenvalue weighted by Crippen LogP contribution is -2.40. The minimum Gasteiger partial charge on any atom is -0.408 e. The van der Waals surface area contributed by atoms with E-state index in [1.165, 1.54) is 18.3 Å². The molecule has 8 heteroatoms. The van der Waals surface area contributed by atoms with Crippen molar-refractivity contribution in [2.75, 3.05) is 31.6 Å². The number of nitrogens with zero attached hydrogens (tertiary/aromatic N) is 2. The minimum absolute atomic E-state index is 0.0688. The van der Waals surface area contributed by atoms with Gasteiger partial charge in [-0.05, 0) is 68.0 Å². The largest absolute Gasteiger partial charge is 0.408 e. The predicted octanol–water partition coefficient (Wildman–Crippen LogP) is 3.79. The van der Waals surface area contributed by atoms with Gasteiger partial charge in [0, 0.05) is 24.3 Å². The highest BCUT2D eigenvalue weighted by atomic mass is 19.1. The van der Waals surface area contributed by atoms with Crippen molar-refractivity contribution in [1.82, 2.24) is 9.63 Å². The predicted molar refractivity (Wildman–Crippen MR) is 133 cm³/mol. The monoisotopic (exact) mass is 479 g/mol. The van der Waals surface area contributed by atoms with Gasteiger partial charge in [0.1, 0.15) is 12.4 Å². The molecule has 35 heavy (non-hydrogen) atoms. The second kappa shape index (κ2) is 10.7. The normalized spacial score (nSPS) is 14.1. The number of aliphatic hydroxyl groups excluding tert-OH is 1. The van der Waals surface area contributed by atoms with Crippen molar-refractivity contribution in [3.05, 3.63) is 93.2 Å². The van der Waals surface area contributed by atoms with Crippen molar-refractivity contribution in [2.45, 2.75) is 32.6 Å². The summed E-state index contributed by atoms with van der Waals surface area (Å²) in [5.41, 5.74) is 3.59. The quantitative estimate of drug-likeness (QED) is 0.539. The van der Waals surface area contributed by atoms with Gasteiger partial charge in [0.25, 0.3) is 11.5 Å². The molecule has 0 aliphatic carbocycles. The maximum absolute atomic E-state index is 13.7. The van der Waals surface area contributed by atoms with E-state index in [2.05, 4.69) is 5.32 Å². The van der Waals surface area contributed by atoms with E-state index in [4.69, 9.17) is 9.94 Å². The number of halogens is 1. The number of anilines is 2. The van der Waals surface area contributed by atoms with Crippen molar-refractivity contribution in [2.24, 2.45) is 0 Å². The van der Waals surface area contributed by atoms with E-state index in [-0.39, 0.29) is 30.9 Å². The summed E-state index contributed by atoms with van der Waals surface area (Å²) in [4.78, 5) is 33.7. The summed E-state index contributed by atoms with van der Waals surface area (Å²) in [6, 6.07) is 14.2. The van der Waals surface area contributed by atoms with E-state index in [0.29, 0.717) is 29.9 Å². The van der Waals surface area contributed by atoms with Gasteiger partial charge in [0.2, 0.25) is 0 Å². The first kappa shape index (κ1) is 24.5. The van der Waals surface area contributed by atoms with Crippen LogP contribution in [0.2, 0.25) is 0 Å². The number of aliphatic hydroxyl groups is 1. The fraction of sp³-hybridized carbons (Fsp3) is 0.333. The summed E-state index contributed by atoms with van der Waals surface area (Å²) in [7, 11) is 0. The zero-order chi connectivity index (χ0) is 24.9. The molecule has 7 nitrogen and oxygen atoms in total. The molecular weight excluding hydrogens is 449 g/mol. The molecule has 2 heterocycles. The Balaban J connectivity index is 1.62. The molecular formula is C27H30FN3O4. The summed E-state index contributed by atoms with van der Waals surface area (Å²) in [5, 5.41) is 12.4. The smallest absolute Gasteiger partial charge is 0.288 e. The van der Waals surface area contributed by atoms with E-state index < -0.39 is 5.56 Å². The van der Waals surface area contributed by atoms with Gasteiger partial charge >= 0.3 is 0 Å². The Kier molecular flexibility index (Phi) is 7.51. The van der Waals surface area contributed by atoms with Crippen LogP contribution in [-0.2, 0) is 0 Å². The third-order valence-electron chi connectivity index (χ3n) is 6.37. The van der Waals surface area contributed by atoms with Crippen LogP contribution in [0.4, 0.5) is 15.8 Å². The molecule has 0 bridgehead atoms. The molecule has 1 aromatic heterocycles. The fourth-order valence-corrected chi connectivity index (χ4v) is 4.46. The first-order valence-corrected chi connectivity index (χ1v) is 11.8. The number of benzene rings is 2. The number of rotatable bonds is 7. The Morgan fingerprint density at radius 1 is 1.14 bits per heavy atom. The van der Waals surface area contributed by atoms with Crippen molar-refractivity contribution >= 4 is 17.3 Å². The van der Waals surface area contributed by atoms with E-state index >= 15 is 0 Å². The second-order valence-corrected chi connectivity index (χ2v) is 8.84. The molecule has 0 radical (unpaired) electrons. The topological polar surface area (TPSA) is 83.8 Å². The van der Waals surface area contributed by atoms with Crippen molar-refractivity contribution < 1.29 is 19.1 Å². The number of hydrogen-bond acceptors (Lipinski definition) is 5. The van der Waals surface area contributed by atoms with Gasteiger partial charge in [-0.2, -0.15) is 4.73 Å². The van der Waals surface area contributed by atoms with Crippen LogP contribution in [0.3, 0.4) is 0 Å². The van der Waals surface area contributed by atoms with Crippen LogP contribution in [0.1, 0.15) is 45.8 Å². The van der Waals surface area contributed by atoms with E-state index in [0.717, 1.165) is 34.4 Å². The van der Waals surface area contributed by atoms with Gasteiger partial charge in [-0.1, -0.05) is 24.3 Å². The number of carbonyl (C=O) groups excluding carboxylic acids is 1. The van der Waals surface area contributed by atoms with E-state index in [1.807, 2.05) is 31.2 Å². The molecule has 1 saturated heterocycles. The van der Waals surface area contributed by atoms with Gasteiger partial charge in [0.05, 0.1) is 24.1 Å². The van der Waals surface area contributed by atoms with Crippen LogP contribution in [0.5, 0.6) is 0 Å². The van der Waals surface area contributed by atoms with Gasteiger partial charge < -0.3 is 20.2 Å². The molecule has 1 amide bonds. The van der Waals surface area contributed by atoms with Crippen LogP contribution >= 0.6 is 0 Å². The molecule has 0 saturated carbocycles. The molecule has 1 aliphatic rings. The Morgan fingerprint density at radius 2 is 1.86 bits per heavy atom. The maximum Gasteiger partial charge on any atom is 0.288 e. The number of hydrogen-bond donors (Lipinski definition) is 2. The van der Waals surface area contributed by atoms with E-state index in [9.17, 15) is 14.0 Å². The molecule has 0 atom stereocenters. The zero-order valence-electron chi connectivity index (χ0n) is 20.0. The fourth-order valence-electron chi connectivity index (χ4n) is 4.46. The Hall–Kier alpha value is -3.65. The molecule has 2 N–H and O–H groups in total. The molecule has 0 unspecified atom stereocenters. The van der Waals surface area contributed by atoms with Gasteiger partial charge in [0.15, 0.2) is 0 Å². The highest BCUT2D eigenvalue weighted by Gasteiger charge is 2.28. The average molecular weight is 480 g/mol. The summed E-state index contributed by atoms with van der Waals surface area (Å²) in [5.74, 6) is -0.209. The number of piperidine rings is 1. The lowest BCUT2D eigenvalue weighted by Gasteiger charge is -2.33. The third kappa shape index (κ3) is 5.54. The Bertz CT molecular complexity index is 1250. The number of amides is 1. The average Bonchev–Trinajstić information content (AvgIpc) is 2.87. The second-order valence-electron chi connectivity index (χ2n) is 8.84. The van der Waals surface area contributed by atoms with Crippen LogP contribution in [0.25, 0.3) is 0 Å². The lowest BCUT2D eigenvalue weighted by molar-refractivity contribution is 0.0641. The third-order valence-corrected chi connectivity index (χ3v) is 6.37. The van der Waals surface area contributed by atoms with Gasteiger partial charge in [-0.25, -0.2) is 4.39 Å². The van der Waals surface area contributed by atoms with Crippen molar-refractivity contribution in [3.63, 3.8) is 0 Å². The standard InChI is InChI=1S/C27H30FN3O4/c1-18-4-3-5-23(16-18)29-25-19(2)26(33)31(35-15-14-32)17-24(25)27(34)30-12-10-21(11-13-30)20-6-8-22(28)9-7-20/h3-9,16-17,21,29,32H,10-15H2,1-2H3. The van der Waals surface area contributed by atoms with Gasteiger partial charge in [-0.15, -0.1) is 0 Å². The van der Waals surface area contributed by atoms with Crippen LogP contribution < -0.4 is 15.7 Å². The first-order valence-electron chi connectivity index (χ1n) is 11.8. The SMILES string of the molecule is Cc1cccc(Nc2c(C(=O)N3CCC(c4ccc(F)cc4)CC3)cn(OCCO)c(=O)c2C)c1. The van der Waals surface area contributed by atoms with Crippen molar-refractivity contribution in [1.29, 1.82) is 0 Å². The molecule has 184 valence electrons. The molecule has 2 aromatic carbocycles. The highest BCUT2D eigenvalue weighted by molar-refractivity contribution is 6.00. The molecule has 0 spiro atoms. The van der Waals surface area contributed by atoms with Crippen LogP contribution in [0, 0.1) is 19.7 Å². The van der Waals surface area contributed by atoms with Crippen molar-refractivity contribution in [3.8, 4) is 0 Å². The molecule has 1 fully saturated rings. The molecule has 4 rings (SSSR count). The van der Waals surface area contributed by atoms with Gasteiger partial charge in [-0.3, -0.25) is 9.59 Å². The zero-order valence-corrected chi connectivity index (χ0v) is 20.0. The molecule has 3 aromatic rings. The number of carbonyl (C=O) groups is 1. The maximum atomic E-state index is 13.7. The summed E-state index contributed by atoms with van der Waals surface area (Å²) in [6.07, 6.45) is 2.92. The number of likely N-dealkylation sites (tertiary alicyclic amines) is 1. The Labute approximate surface area is 203 Å². The summed E-state index contributed by atoms with van der Waals surface area (Å²) >= 11 is 0. The summed E-state index contributed by atoms with van der Waals surface area (Å²) in [6.45, 7) is 4.38. The number of aromatic nitrogens is 1. The first-order chi connectivity index (χ1) is 16.9. The van der Waals surface area contributed by atoms with E-state index in [1.54, 1.807) is 24.0 Å². The lowest BCUT2D eigenvalue weighted by atomic mass is 9.89. The van der Waals surface area contributed by atoms with Crippen LogP contribution in [0.15, 0.2) is 59.5 Å². The number of aryl methyl sites for hydroxylation is 1.